The SMILES string of the molecule is COC(=O)C1CCC(=O)N1c1ccc(C)c(Cl)c1. The molecule has 0 N–H and O–H groups in total. The Morgan fingerprint density at radius 2 is 2.22 bits per heavy atom. The lowest BCUT2D eigenvalue weighted by Gasteiger charge is -2.23. The molecule has 1 heterocycles. The van der Waals surface area contributed by atoms with Crippen molar-refractivity contribution < 1.29 is 14.3 Å². The van der Waals surface area contributed by atoms with Gasteiger partial charge >= 0.3 is 5.97 Å². The summed E-state index contributed by atoms with van der Waals surface area (Å²) in [7, 11) is 1.32. The molecule has 5 heteroatoms. The third-order valence-electron chi connectivity index (χ3n) is 3.12. The zero-order valence-electron chi connectivity index (χ0n) is 10.3. The van der Waals surface area contributed by atoms with E-state index in [1.165, 1.54) is 12.0 Å². The predicted molar refractivity (Wildman–Crippen MR) is 68.7 cm³/mol. The highest BCUT2D eigenvalue weighted by atomic mass is 35.5. The second-order valence-electron chi connectivity index (χ2n) is 4.27. The van der Waals surface area contributed by atoms with Gasteiger partial charge in [-0.2, -0.15) is 0 Å². The van der Waals surface area contributed by atoms with Crippen LogP contribution in [0.5, 0.6) is 0 Å². The molecule has 2 rings (SSSR count). The smallest absolute Gasteiger partial charge is 0.328 e. The van der Waals surface area contributed by atoms with Gasteiger partial charge < -0.3 is 4.74 Å². The van der Waals surface area contributed by atoms with Gasteiger partial charge in [-0.15, -0.1) is 0 Å². The van der Waals surface area contributed by atoms with Gasteiger partial charge in [-0.3, -0.25) is 9.69 Å². The number of rotatable bonds is 2. The molecule has 1 amide bonds. The summed E-state index contributed by atoms with van der Waals surface area (Å²) in [5.41, 5.74) is 1.57. The van der Waals surface area contributed by atoms with Gasteiger partial charge in [0, 0.05) is 17.1 Å². The Morgan fingerprint density at radius 3 is 2.83 bits per heavy atom. The zero-order chi connectivity index (χ0) is 13.3. The van der Waals surface area contributed by atoms with Gasteiger partial charge in [0.2, 0.25) is 5.91 Å². The molecule has 1 aliphatic rings. The van der Waals surface area contributed by atoms with E-state index in [1.54, 1.807) is 12.1 Å². The van der Waals surface area contributed by atoms with Crippen molar-refractivity contribution in [2.24, 2.45) is 0 Å². The summed E-state index contributed by atoms with van der Waals surface area (Å²) in [5.74, 6) is -0.470. The summed E-state index contributed by atoms with van der Waals surface area (Å²) in [6, 6.07) is 4.79. The number of benzene rings is 1. The average Bonchev–Trinajstić information content (AvgIpc) is 2.74. The molecule has 0 aliphatic carbocycles. The molecule has 0 bridgehead atoms. The number of halogens is 1. The van der Waals surface area contributed by atoms with E-state index in [0.717, 1.165) is 5.56 Å². The van der Waals surface area contributed by atoms with Crippen molar-refractivity contribution in [2.45, 2.75) is 25.8 Å². The summed E-state index contributed by atoms with van der Waals surface area (Å²) >= 11 is 6.05. The van der Waals surface area contributed by atoms with E-state index < -0.39 is 12.0 Å². The van der Waals surface area contributed by atoms with E-state index in [-0.39, 0.29) is 5.91 Å². The Hall–Kier alpha value is -1.55. The normalized spacial score (nSPS) is 19.2. The monoisotopic (exact) mass is 267 g/mol. The largest absolute Gasteiger partial charge is 0.467 e. The molecule has 0 saturated carbocycles. The minimum absolute atomic E-state index is 0.0784. The van der Waals surface area contributed by atoms with E-state index >= 15 is 0 Å². The first kappa shape index (κ1) is 12.9. The molecular weight excluding hydrogens is 254 g/mol. The van der Waals surface area contributed by atoms with Crippen LogP contribution in [0.4, 0.5) is 5.69 Å². The molecule has 1 atom stereocenters. The number of esters is 1. The van der Waals surface area contributed by atoms with Crippen LogP contribution in [0.1, 0.15) is 18.4 Å². The molecular formula is C13H14ClNO3. The minimum Gasteiger partial charge on any atom is -0.467 e. The number of hydrogen-bond acceptors (Lipinski definition) is 3. The van der Waals surface area contributed by atoms with Crippen LogP contribution in [0.2, 0.25) is 5.02 Å². The second-order valence-corrected chi connectivity index (χ2v) is 4.68. The molecule has 1 aromatic rings. The van der Waals surface area contributed by atoms with Crippen molar-refractivity contribution in [3.05, 3.63) is 28.8 Å². The third kappa shape index (κ3) is 2.20. The molecule has 96 valence electrons. The van der Waals surface area contributed by atoms with Gasteiger partial charge in [0.05, 0.1) is 7.11 Å². The van der Waals surface area contributed by atoms with Gasteiger partial charge in [0.25, 0.3) is 0 Å². The fourth-order valence-corrected chi connectivity index (χ4v) is 2.27. The van der Waals surface area contributed by atoms with Crippen LogP contribution >= 0.6 is 11.6 Å². The maximum absolute atomic E-state index is 11.9. The first-order valence-electron chi connectivity index (χ1n) is 5.70. The molecule has 18 heavy (non-hydrogen) atoms. The van der Waals surface area contributed by atoms with E-state index in [4.69, 9.17) is 16.3 Å². The first-order chi connectivity index (χ1) is 8.54. The Balaban J connectivity index is 2.36. The van der Waals surface area contributed by atoms with Crippen LogP contribution in [0.25, 0.3) is 0 Å². The predicted octanol–water partition coefficient (Wildman–Crippen LogP) is 2.32. The number of aryl methyl sites for hydroxylation is 1. The molecule has 1 aliphatic heterocycles. The summed E-state index contributed by atoms with van der Waals surface area (Å²) in [5, 5.41) is 0.579. The van der Waals surface area contributed by atoms with Crippen molar-refractivity contribution in [3.8, 4) is 0 Å². The van der Waals surface area contributed by atoms with Gasteiger partial charge in [0.15, 0.2) is 0 Å². The number of anilines is 1. The molecule has 1 fully saturated rings. The number of methoxy groups -OCH3 is 1. The van der Waals surface area contributed by atoms with E-state index in [1.807, 2.05) is 13.0 Å². The Morgan fingerprint density at radius 1 is 1.50 bits per heavy atom. The first-order valence-corrected chi connectivity index (χ1v) is 6.08. The Labute approximate surface area is 110 Å². The zero-order valence-corrected chi connectivity index (χ0v) is 11.0. The third-order valence-corrected chi connectivity index (χ3v) is 3.53. The van der Waals surface area contributed by atoms with Gasteiger partial charge in [-0.25, -0.2) is 4.79 Å². The maximum Gasteiger partial charge on any atom is 0.328 e. The average molecular weight is 268 g/mol. The van der Waals surface area contributed by atoms with E-state index in [2.05, 4.69) is 0 Å². The van der Waals surface area contributed by atoms with Crippen LogP contribution in [0, 0.1) is 6.92 Å². The number of carbonyl (C=O) groups is 2. The van der Waals surface area contributed by atoms with Crippen molar-refractivity contribution >= 4 is 29.2 Å². The number of hydrogen-bond donors (Lipinski definition) is 0. The standard InChI is InChI=1S/C13H14ClNO3/c1-8-3-4-9(7-10(8)14)15-11(13(17)18-2)5-6-12(15)16/h3-4,7,11H,5-6H2,1-2H3. The fraction of sp³-hybridized carbons (Fsp3) is 0.385. The molecule has 0 spiro atoms. The summed E-state index contributed by atoms with van der Waals surface area (Å²) in [6.45, 7) is 1.88. The fourth-order valence-electron chi connectivity index (χ4n) is 2.10. The van der Waals surface area contributed by atoms with Crippen LogP contribution in [-0.4, -0.2) is 25.0 Å². The highest BCUT2D eigenvalue weighted by molar-refractivity contribution is 6.31. The second kappa shape index (κ2) is 4.98. The Bertz CT molecular complexity index is 501. The maximum atomic E-state index is 11.9. The number of amides is 1. The number of carbonyl (C=O) groups excluding carboxylic acids is 2. The molecule has 4 nitrogen and oxygen atoms in total. The minimum atomic E-state index is -0.540. The number of nitrogens with zero attached hydrogens (tertiary/aromatic N) is 1. The lowest BCUT2D eigenvalue weighted by molar-refractivity contribution is -0.142. The quantitative estimate of drug-likeness (QED) is 0.773. The highest BCUT2D eigenvalue weighted by Gasteiger charge is 2.37. The van der Waals surface area contributed by atoms with Gasteiger partial charge in [-0.1, -0.05) is 17.7 Å². The highest BCUT2D eigenvalue weighted by Crippen LogP contribution is 2.30. The lowest BCUT2D eigenvalue weighted by Crippen LogP contribution is -2.39. The molecule has 1 aromatic carbocycles. The summed E-state index contributed by atoms with van der Waals surface area (Å²) < 4.78 is 4.72. The van der Waals surface area contributed by atoms with Crippen molar-refractivity contribution in [1.29, 1.82) is 0 Å². The van der Waals surface area contributed by atoms with Crippen LogP contribution in [-0.2, 0) is 14.3 Å². The van der Waals surface area contributed by atoms with Crippen LogP contribution in [0.15, 0.2) is 18.2 Å². The van der Waals surface area contributed by atoms with E-state index in [9.17, 15) is 9.59 Å². The molecule has 0 aromatic heterocycles. The molecule has 1 saturated heterocycles. The van der Waals surface area contributed by atoms with Crippen molar-refractivity contribution in [3.63, 3.8) is 0 Å². The number of ether oxygens (including phenoxy) is 1. The lowest BCUT2D eigenvalue weighted by atomic mass is 10.2. The van der Waals surface area contributed by atoms with Crippen molar-refractivity contribution in [1.82, 2.24) is 0 Å². The molecule has 0 radical (unpaired) electrons. The van der Waals surface area contributed by atoms with Crippen molar-refractivity contribution in [2.75, 3.05) is 12.0 Å². The topological polar surface area (TPSA) is 46.6 Å². The van der Waals surface area contributed by atoms with Gasteiger partial charge in [-0.05, 0) is 31.0 Å². The van der Waals surface area contributed by atoms with E-state index in [0.29, 0.717) is 23.6 Å². The van der Waals surface area contributed by atoms with Crippen LogP contribution in [0.3, 0.4) is 0 Å². The summed E-state index contributed by atoms with van der Waals surface area (Å²) in [6.07, 6.45) is 0.836. The van der Waals surface area contributed by atoms with Gasteiger partial charge in [0.1, 0.15) is 6.04 Å². The molecule has 1 unspecified atom stereocenters. The summed E-state index contributed by atoms with van der Waals surface area (Å²) in [4.78, 5) is 25.0. The van der Waals surface area contributed by atoms with Crippen LogP contribution < -0.4 is 4.90 Å². The Kier molecular flexibility index (Phi) is 3.57.